The second-order valence-electron chi connectivity index (χ2n) is 4.62. The zero-order valence-electron chi connectivity index (χ0n) is 9.35. The van der Waals surface area contributed by atoms with Gasteiger partial charge in [-0.1, -0.05) is 0 Å². The number of nitro benzene ring substituents is 1. The number of hydrogen-bond acceptors (Lipinski definition) is 4. The van der Waals surface area contributed by atoms with Gasteiger partial charge in [-0.15, -0.1) is 0 Å². The Morgan fingerprint density at radius 2 is 2.06 bits per heavy atom. The fourth-order valence-corrected chi connectivity index (χ4v) is 2.54. The molecule has 0 aromatic heterocycles. The molecule has 3 rings (SSSR count). The fourth-order valence-electron chi connectivity index (χ4n) is 2.54. The molecule has 5 heteroatoms. The van der Waals surface area contributed by atoms with Crippen molar-refractivity contribution >= 4 is 5.69 Å². The van der Waals surface area contributed by atoms with Crippen molar-refractivity contribution < 1.29 is 14.4 Å². The molecule has 17 heavy (non-hydrogen) atoms. The van der Waals surface area contributed by atoms with Crippen LogP contribution in [0, 0.1) is 10.1 Å². The lowest BCUT2D eigenvalue weighted by Gasteiger charge is -2.32. The minimum atomic E-state index is -0.390. The van der Waals surface area contributed by atoms with E-state index in [-0.39, 0.29) is 11.3 Å². The number of nitro groups is 1. The molecule has 2 aliphatic rings. The minimum absolute atomic E-state index is 0.0906. The molecule has 0 radical (unpaired) electrons. The highest BCUT2D eigenvalue weighted by Gasteiger charge is 2.41. The Morgan fingerprint density at radius 3 is 2.76 bits per heavy atom. The maximum absolute atomic E-state index is 10.7. The van der Waals surface area contributed by atoms with Gasteiger partial charge in [-0.05, 0) is 11.6 Å². The van der Waals surface area contributed by atoms with Crippen LogP contribution >= 0.6 is 0 Å². The molecule has 1 saturated heterocycles. The summed E-state index contributed by atoms with van der Waals surface area (Å²) in [5.41, 5.74) is 0.973. The van der Waals surface area contributed by atoms with E-state index in [1.807, 2.05) is 0 Å². The van der Waals surface area contributed by atoms with Gasteiger partial charge >= 0.3 is 0 Å². The first kappa shape index (κ1) is 10.5. The standard InChI is InChI=1S/C12H13NO4/c14-13(15)10-2-1-9-8-12(17-11(9)7-10)3-5-16-6-4-12/h1-2,7H,3-6,8H2. The highest BCUT2D eigenvalue weighted by molar-refractivity contribution is 5.47. The molecule has 0 bridgehead atoms. The van der Waals surface area contributed by atoms with E-state index in [2.05, 4.69) is 0 Å². The SMILES string of the molecule is O=[N+]([O-])c1ccc2c(c1)OC1(CCOCC1)C2. The van der Waals surface area contributed by atoms with Gasteiger partial charge in [0.05, 0.1) is 24.2 Å². The fraction of sp³-hybridized carbons (Fsp3) is 0.500. The van der Waals surface area contributed by atoms with Crippen LogP contribution < -0.4 is 4.74 Å². The molecule has 0 N–H and O–H groups in total. The molecule has 1 fully saturated rings. The van der Waals surface area contributed by atoms with Crippen LogP contribution in [0.25, 0.3) is 0 Å². The van der Waals surface area contributed by atoms with Gasteiger partial charge in [-0.3, -0.25) is 10.1 Å². The Kier molecular flexibility index (Phi) is 2.29. The summed E-state index contributed by atoms with van der Waals surface area (Å²) in [4.78, 5) is 10.3. The molecule has 90 valence electrons. The van der Waals surface area contributed by atoms with Gasteiger partial charge in [0.15, 0.2) is 0 Å². The van der Waals surface area contributed by atoms with Crippen molar-refractivity contribution in [2.75, 3.05) is 13.2 Å². The van der Waals surface area contributed by atoms with Gasteiger partial charge in [0.25, 0.3) is 5.69 Å². The number of rotatable bonds is 1. The van der Waals surface area contributed by atoms with E-state index in [1.165, 1.54) is 6.07 Å². The van der Waals surface area contributed by atoms with Gasteiger partial charge in [0.2, 0.25) is 0 Å². The third-order valence-corrected chi connectivity index (χ3v) is 3.50. The smallest absolute Gasteiger partial charge is 0.273 e. The van der Waals surface area contributed by atoms with Crippen LogP contribution in [-0.4, -0.2) is 23.7 Å². The second-order valence-corrected chi connectivity index (χ2v) is 4.62. The maximum atomic E-state index is 10.7. The Hall–Kier alpha value is -1.62. The third kappa shape index (κ3) is 1.76. The van der Waals surface area contributed by atoms with Gasteiger partial charge in [0.1, 0.15) is 11.4 Å². The van der Waals surface area contributed by atoms with Crippen molar-refractivity contribution in [1.82, 2.24) is 0 Å². The average molecular weight is 235 g/mol. The number of benzene rings is 1. The quantitative estimate of drug-likeness (QED) is 0.552. The number of non-ortho nitro benzene ring substituents is 1. The van der Waals surface area contributed by atoms with Crippen LogP contribution in [0.1, 0.15) is 18.4 Å². The summed E-state index contributed by atoms with van der Waals surface area (Å²) in [6.07, 6.45) is 2.55. The molecule has 0 aliphatic carbocycles. The Morgan fingerprint density at radius 1 is 1.29 bits per heavy atom. The Labute approximate surface area is 98.5 Å². The average Bonchev–Trinajstić information content (AvgIpc) is 2.66. The highest BCUT2D eigenvalue weighted by atomic mass is 16.6. The predicted molar refractivity (Wildman–Crippen MR) is 60.2 cm³/mol. The summed E-state index contributed by atoms with van der Waals surface area (Å²) in [5, 5.41) is 10.7. The van der Waals surface area contributed by atoms with Crippen molar-refractivity contribution in [2.45, 2.75) is 24.9 Å². The summed E-state index contributed by atoms with van der Waals surface area (Å²) in [5.74, 6) is 0.668. The normalized spacial score (nSPS) is 20.9. The monoisotopic (exact) mass is 235 g/mol. The summed E-state index contributed by atoms with van der Waals surface area (Å²) in [6, 6.07) is 4.87. The first-order valence-electron chi connectivity index (χ1n) is 5.73. The zero-order valence-corrected chi connectivity index (χ0v) is 9.35. The van der Waals surface area contributed by atoms with E-state index in [4.69, 9.17) is 9.47 Å². The second kappa shape index (κ2) is 3.70. The predicted octanol–water partition coefficient (Wildman–Crippen LogP) is 2.08. The van der Waals surface area contributed by atoms with E-state index in [0.29, 0.717) is 19.0 Å². The zero-order chi connectivity index (χ0) is 11.9. The van der Waals surface area contributed by atoms with Crippen LogP contribution in [0.3, 0.4) is 0 Å². The van der Waals surface area contributed by atoms with Crippen LogP contribution in [0.2, 0.25) is 0 Å². The van der Waals surface area contributed by atoms with Crippen LogP contribution in [-0.2, 0) is 11.2 Å². The Bertz CT molecular complexity index is 466. The number of hydrogen-bond donors (Lipinski definition) is 0. The van der Waals surface area contributed by atoms with Crippen molar-refractivity contribution in [2.24, 2.45) is 0 Å². The summed E-state index contributed by atoms with van der Waals surface area (Å²) < 4.78 is 11.3. The van der Waals surface area contributed by atoms with Crippen LogP contribution in [0.5, 0.6) is 5.75 Å². The molecule has 1 aromatic rings. The largest absolute Gasteiger partial charge is 0.486 e. The van der Waals surface area contributed by atoms with Crippen LogP contribution in [0.4, 0.5) is 5.69 Å². The van der Waals surface area contributed by atoms with Crippen molar-refractivity contribution in [1.29, 1.82) is 0 Å². The lowest BCUT2D eigenvalue weighted by atomic mass is 9.89. The topological polar surface area (TPSA) is 61.6 Å². The molecule has 0 saturated carbocycles. The summed E-state index contributed by atoms with van der Waals surface area (Å²) in [7, 11) is 0. The third-order valence-electron chi connectivity index (χ3n) is 3.50. The molecule has 0 atom stereocenters. The maximum Gasteiger partial charge on any atom is 0.273 e. The van der Waals surface area contributed by atoms with Gasteiger partial charge < -0.3 is 9.47 Å². The molecule has 1 aromatic carbocycles. The molecule has 0 unspecified atom stereocenters. The lowest BCUT2D eigenvalue weighted by Crippen LogP contribution is -2.40. The minimum Gasteiger partial charge on any atom is -0.486 e. The molecule has 2 heterocycles. The van der Waals surface area contributed by atoms with Crippen LogP contribution in [0.15, 0.2) is 18.2 Å². The first-order valence-corrected chi connectivity index (χ1v) is 5.73. The van der Waals surface area contributed by atoms with Crippen molar-refractivity contribution in [3.8, 4) is 5.75 Å². The highest BCUT2D eigenvalue weighted by Crippen LogP contribution is 2.41. The molecular formula is C12H13NO4. The number of ether oxygens (including phenoxy) is 2. The van der Waals surface area contributed by atoms with E-state index in [1.54, 1.807) is 12.1 Å². The van der Waals surface area contributed by atoms with E-state index < -0.39 is 4.92 Å². The molecule has 2 aliphatic heterocycles. The molecule has 0 amide bonds. The van der Waals surface area contributed by atoms with Gasteiger partial charge in [-0.25, -0.2) is 0 Å². The van der Waals surface area contributed by atoms with E-state index >= 15 is 0 Å². The van der Waals surface area contributed by atoms with E-state index in [9.17, 15) is 10.1 Å². The number of nitrogens with zero attached hydrogens (tertiary/aromatic N) is 1. The van der Waals surface area contributed by atoms with Gasteiger partial charge in [0, 0.05) is 25.3 Å². The summed E-state index contributed by atoms with van der Waals surface area (Å²) >= 11 is 0. The Balaban J connectivity index is 1.89. The van der Waals surface area contributed by atoms with Crippen molar-refractivity contribution in [3.63, 3.8) is 0 Å². The lowest BCUT2D eigenvalue weighted by molar-refractivity contribution is -0.384. The number of fused-ring (bicyclic) bond motifs is 1. The molecule has 1 spiro atoms. The molecule has 5 nitrogen and oxygen atoms in total. The molecular weight excluding hydrogens is 222 g/mol. The van der Waals surface area contributed by atoms with E-state index in [0.717, 1.165) is 24.8 Å². The summed E-state index contributed by atoms with van der Waals surface area (Å²) in [6.45, 7) is 1.41. The first-order chi connectivity index (χ1) is 8.19. The van der Waals surface area contributed by atoms with Gasteiger partial charge in [-0.2, -0.15) is 0 Å². The van der Waals surface area contributed by atoms with Crippen molar-refractivity contribution in [3.05, 3.63) is 33.9 Å².